The van der Waals surface area contributed by atoms with Gasteiger partial charge in [0.1, 0.15) is 18.6 Å². The van der Waals surface area contributed by atoms with Crippen molar-refractivity contribution in [3.63, 3.8) is 0 Å². The molecule has 0 fully saturated rings. The SMILES string of the molecule is O=Cc1ccc(SCCOC(=O)c2ccc(Cl)cc2Cl)c2c1=NOCC=2. The van der Waals surface area contributed by atoms with E-state index in [9.17, 15) is 9.59 Å². The number of nitrogens with zero attached hydrogens (tertiary/aromatic N) is 1. The van der Waals surface area contributed by atoms with Crippen molar-refractivity contribution < 1.29 is 19.2 Å². The lowest BCUT2D eigenvalue weighted by Gasteiger charge is -2.09. The summed E-state index contributed by atoms with van der Waals surface area (Å²) in [6, 6.07) is 8.16. The first-order chi connectivity index (χ1) is 12.6. The van der Waals surface area contributed by atoms with Crippen molar-refractivity contribution in [1.29, 1.82) is 0 Å². The van der Waals surface area contributed by atoms with Gasteiger partial charge in [-0.3, -0.25) is 4.79 Å². The second-order valence-corrected chi connectivity index (χ2v) is 7.21. The number of halogens is 2. The zero-order chi connectivity index (χ0) is 18.5. The van der Waals surface area contributed by atoms with Crippen molar-refractivity contribution in [2.45, 2.75) is 4.90 Å². The number of aldehydes is 1. The van der Waals surface area contributed by atoms with Gasteiger partial charge in [0.25, 0.3) is 0 Å². The minimum atomic E-state index is -0.499. The lowest BCUT2D eigenvalue weighted by Crippen LogP contribution is -2.34. The summed E-state index contributed by atoms with van der Waals surface area (Å²) in [7, 11) is 0. The minimum absolute atomic E-state index is 0.209. The Kier molecular flexibility index (Phi) is 6.19. The van der Waals surface area contributed by atoms with E-state index in [0.29, 0.717) is 28.3 Å². The van der Waals surface area contributed by atoms with Crippen LogP contribution in [0.3, 0.4) is 0 Å². The molecule has 2 aromatic carbocycles. The topological polar surface area (TPSA) is 65.0 Å². The molecule has 3 rings (SSSR count). The van der Waals surface area contributed by atoms with Crippen LogP contribution < -0.4 is 10.6 Å². The number of hydrogen-bond acceptors (Lipinski definition) is 6. The summed E-state index contributed by atoms with van der Waals surface area (Å²) >= 11 is 13.3. The Morgan fingerprint density at radius 3 is 2.92 bits per heavy atom. The molecule has 0 amide bonds. The Balaban J connectivity index is 1.63. The summed E-state index contributed by atoms with van der Waals surface area (Å²) in [5, 5.41) is 6.05. The monoisotopic (exact) mass is 409 g/mol. The van der Waals surface area contributed by atoms with Crippen LogP contribution in [-0.2, 0) is 9.57 Å². The van der Waals surface area contributed by atoms with Crippen molar-refractivity contribution in [3.05, 3.63) is 62.1 Å². The third-order valence-corrected chi connectivity index (χ3v) is 5.16. The lowest BCUT2D eigenvalue weighted by molar-refractivity contribution is 0.0530. The molecule has 2 aromatic rings. The van der Waals surface area contributed by atoms with Crippen molar-refractivity contribution in [1.82, 2.24) is 0 Å². The first-order valence-electron chi connectivity index (χ1n) is 7.63. The summed E-state index contributed by atoms with van der Waals surface area (Å²) in [5.74, 6) is 0.0407. The van der Waals surface area contributed by atoms with Crippen LogP contribution >= 0.6 is 35.0 Å². The van der Waals surface area contributed by atoms with Crippen LogP contribution in [0.1, 0.15) is 20.7 Å². The molecule has 0 aliphatic carbocycles. The van der Waals surface area contributed by atoms with E-state index in [1.807, 2.05) is 12.1 Å². The third kappa shape index (κ3) is 4.20. The molecule has 134 valence electrons. The average Bonchev–Trinajstić information content (AvgIpc) is 2.65. The molecular formula is C18H13Cl2NO4S. The predicted molar refractivity (Wildman–Crippen MR) is 100 cm³/mol. The number of esters is 1. The fourth-order valence-corrected chi connectivity index (χ4v) is 3.74. The van der Waals surface area contributed by atoms with Gasteiger partial charge in [-0.15, -0.1) is 11.8 Å². The van der Waals surface area contributed by atoms with Crippen molar-refractivity contribution in [3.8, 4) is 0 Å². The molecule has 0 saturated heterocycles. The standard InChI is InChI=1S/C18H13Cl2NO4S/c19-12-2-3-13(15(20)9-12)18(23)24-7-8-26-16-4-1-11(10-22)17-14(16)5-6-25-21-17/h1-5,9-10H,6-8H2. The number of ether oxygens (including phenoxy) is 1. The second kappa shape index (κ2) is 8.58. The number of carbonyl (C=O) groups excluding carboxylic acids is 2. The number of rotatable bonds is 6. The summed E-state index contributed by atoms with van der Waals surface area (Å²) in [6.07, 6.45) is 2.62. The second-order valence-electron chi connectivity index (χ2n) is 5.23. The fraction of sp³-hybridized carbons (Fsp3) is 0.167. The van der Waals surface area contributed by atoms with Gasteiger partial charge in [-0.05, 0) is 36.4 Å². The first-order valence-corrected chi connectivity index (χ1v) is 9.37. The molecular weight excluding hydrogens is 397 g/mol. The lowest BCUT2D eigenvalue weighted by atomic mass is 10.2. The van der Waals surface area contributed by atoms with Gasteiger partial charge in [0.15, 0.2) is 6.29 Å². The molecule has 1 heterocycles. The van der Waals surface area contributed by atoms with E-state index in [2.05, 4.69) is 5.16 Å². The van der Waals surface area contributed by atoms with Gasteiger partial charge in [0, 0.05) is 26.5 Å². The molecule has 0 unspecified atom stereocenters. The zero-order valence-corrected chi connectivity index (χ0v) is 15.7. The van der Waals surface area contributed by atoms with E-state index >= 15 is 0 Å². The Bertz CT molecular complexity index is 978. The molecule has 0 spiro atoms. The Morgan fingerprint density at radius 1 is 1.31 bits per heavy atom. The number of carbonyl (C=O) groups is 2. The Labute approximate surface area is 163 Å². The maximum Gasteiger partial charge on any atom is 0.339 e. The maximum absolute atomic E-state index is 12.1. The molecule has 0 radical (unpaired) electrons. The molecule has 1 aliphatic rings. The molecule has 5 nitrogen and oxygen atoms in total. The number of fused-ring (bicyclic) bond motifs is 1. The average molecular weight is 410 g/mol. The summed E-state index contributed by atoms with van der Waals surface area (Å²) in [4.78, 5) is 29.1. The summed E-state index contributed by atoms with van der Waals surface area (Å²) in [5.41, 5.74) is 0.752. The zero-order valence-electron chi connectivity index (χ0n) is 13.4. The fourth-order valence-electron chi connectivity index (χ4n) is 2.37. The number of thioether (sulfide) groups is 1. The molecule has 0 saturated carbocycles. The van der Waals surface area contributed by atoms with Crippen molar-refractivity contribution in [2.75, 3.05) is 19.0 Å². The van der Waals surface area contributed by atoms with Gasteiger partial charge in [-0.25, -0.2) is 4.79 Å². The molecule has 1 aliphatic heterocycles. The number of hydrogen-bond donors (Lipinski definition) is 0. The van der Waals surface area contributed by atoms with E-state index in [1.165, 1.54) is 23.9 Å². The molecule has 0 N–H and O–H groups in total. The van der Waals surface area contributed by atoms with Crippen LogP contribution in [0.5, 0.6) is 0 Å². The smallest absolute Gasteiger partial charge is 0.339 e. The highest BCUT2D eigenvalue weighted by atomic mass is 35.5. The van der Waals surface area contributed by atoms with Crippen LogP contribution in [-0.4, -0.2) is 31.2 Å². The highest BCUT2D eigenvalue weighted by Gasteiger charge is 2.12. The molecule has 0 atom stereocenters. The van der Waals surface area contributed by atoms with Crippen LogP contribution in [0.2, 0.25) is 10.0 Å². The van der Waals surface area contributed by atoms with Crippen LogP contribution in [0.25, 0.3) is 6.08 Å². The van der Waals surface area contributed by atoms with E-state index in [4.69, 9.17) is 32.8 Å². The van der Waals surface area contributed by atoms with Gasteiger partial charge in [0.2, 0.25) is 0 Å². The van der Waals surface area contributed by atoms with Gasteiger partial charge in [0.05, 0.1) is 10.6 Å². The van der Waals surface area contributed by atoms with Crippen LogP contribution in [0, 0.1) is 0 Å². The highest BCUT2D eigenvalue weighted by molar-refractivity contribution is 7.99. The summed E-state index contributed by atoms with van der Waals surface area (Å²) < 4.78 is 5.26. The molecule has 26 heavy (non-hydrogen) atoms. The van der Waals surface area contributed by atoms with E-state index in [-0.39, 0.29) is 17.2 Å². The molecule has 0 bridgehead atoms. The highest BCUT2D eigenvalue weighted by Crippen LogP contribution is 2.22. The Hall–Kier alpha value is -2.02. The van der Waals surface area contributed by atoms with E-state index in [1.54, 1.807) is 12.1 Å². The molecule has 8 heteroatoms. The first kappa shape index (κ1) is 18.8. The van der Waals surface area contributed by atoms with E-state index in [0.717, 1.165) is 16.4 Å². The molecule has 0 aromatic heterocycles. The van der Waals surface area contributed by atoms with Crippen LogP contribution in [0.15, 0.2) is 40.4 Å². The predicted octanol–water partition coefficient (Wildman–Crippen LogP) is 3.10. The quantitative estimate of drug-likeness (QED) is 0.317. The van der Waals surface area contributed by atoms with Gasteiger partial charge in [-0.2, -0.15) is 0 Å². The van der Waals surface area contributed by atoms with Gasteiger partial charge < -0.3 is 9.57 Å². The van der Waals surface area contributed by atoms with Gasteiger partial charge >= 0.3 is 5.97 Å². The van der Waals surface area contributed by atoms with Crippen molar-refractivity contribution in [2.24, 2.45) is 5.16 Å². The maximum atomic E-state index is 12.1. The Morgan fingerprint density at radius 2 is 2.15 bits per heavy atom. The van der Waals surface area contributed by atoms with E-state index < -0.39 is 5.97 Å². The van der Waals surface area contributed by atoms with Gasteiger partial charge in [-0.1, -0.05) is 28.4 Å². The normalized spacial score (nSPS) is 12.2. The largest absolute Gasteiger partial charge is 0.461 e. The summed E-state index contributed by atoms with van der Waals surface area (Å²) in [6.45, 7) is 0.563. The third-order valence-electron chi connectivity index (χ3n) is 3.58. The number of benzene rings is 2. The van der Waals surface area contributed by atoms with Crippen LogP contribution in [0.4, 0.5) is 0 Å². The minimum Gasteiger partial charge on any atom is -0.461 e. The van der Waals surface area contributed by atoms with Crippen molar-refractivity contribution >= 4 is 53.3 Å².